The van der Waals surface area contributed by atoms with Gasteiger partial charge >= 0.3 is 6.08 Å². The standard InChI is InChI=1S/C9H10F3N3/c10-7(11)9(2-3-9)5-14-6-1-4-13-8(12)15-6/h1,4,7H,2-3,5H2,(H,13,14,15). The maximum absolute atomic E-state index is 12.6. The van der Waals surface area contributed by atoms with E-state index in [0.29, 0.717) is 12.8 Å². The Morgan fingerprint density at radius 2 is 2.20 bits per heavy atom. The van der Waals surface area contributed by atoms with Gasteiger partial charge in [-0.2, -0.15) is 9.37 Å². The van der Waals surface area contributed by atoms with Crippen molar-refractivity contribution in [1.82, 2.24) is 9.97 Å². The monoisotopic (exact) mass is 217 g/mol. The molecule has 1 aliphatic carbocycles. The first-order valence-electron chi connectivity index (χ1n) is 4.63. The number of nitrogens with zero attached hydrogens (tertiary/aromatic N) is 2. The Labute approximate surface area is 84.7 Å². The van der Waals surface area contributed by atoms with E-state index < -0.39 is 17.9 Å². The molecule has 1 aliphatic rings. The second-order valence-corrected chi connectivity index (χ2v) is 3.73. The normalized spacial score (nSPS) is 17.9. The molecular weight excluding hydrogens is 207 g/mol. The van der Waals surface area contributed by atoms with E-state index in [1.807, 2.05) is 0 Å². The summed E-state index contributed by atoms with van der Waals surface area (Å²) < 4.78 is 37.6. The molecule has 1 fully saturated rings. The fourth-order valence-corrected chi connectivity index (χ4v) is 1.33. The minimum absolute atomic E-state index is 0.126. The molecule has 82 valence electrons. The summed E-state index contributed by atoms with van der Waals surface area (Å²) >= 11 is 0. The van der Waals surface area contributed by atoms with Gasteiger partial charge < -0.3 is 5.32 Å². The van der Waals surface area contributed by atoms with Crippen LogP contribution >= 0.6 is 0 Å². The maximum atomic E-state index is 12.6. The Hall–Kier alpha value is -1.33. The van der Waals surface area contributed by atoms with E-state index in [0.717, 1.165) is 0 Å². The van der Waals surface area contributed by atoms with Crippen LogP contribution in [0.1, 0.15) is 12.8 Å². The van der Waals surface area contributed by atoms with E-state index >= 15 is 0 Å². The van der Waals surface area contributed by atoms with Crippen LogP contribution in [-0.2, 0) is 0 Å². The van der Waals surface area contributed by atoms with Crippen LogP contribution in [0.25, 0.3) is 0 Å². The van der Waals surface area contributed by atoms with Crippen molar-refractivity contribution < 1.29 is 13.2 Å². The molecule has 1 heterocycles. The van der Waals surface area contributed by atoms with Crippen LogP contribution < -0.4 is 5.32 Å². The Kier molecular flexibility index (Phi) is 2.50. The predicted octanol–water partition coefficient (Wildman–Crippen LogP) is 2.07. The molecule has 1 aromatic heterocycles. The average Bonchev–Trinajstić information content (AvgIpc) is 2.96. The Morgan fingerprint density at radius 1 is 1.47 bits per heavy atom. The van der Waals surface area contributed by atoms with E-state index in [4.69, 9.17) is 0 Å². The average molecular weight is 217 g/mol. The second kappa shape index (κ2) is 3.67. The predicted molar refractivity (Wildman–Crippen MR) is 48.2 cm³/mol. The molecule has 6 heteroatoms. The number of halogens is 3. The highest BCUT2D eigenvalue weighted by Crippen LogP contribution is 2.50. The van der Waals surface area contributed by atoms with Crippen LogP contribution in [0.3, 0.4) is 0 Å². The molecule has 0 spiro atoms. The van der Waals surface area contributed by atoms with Crippen LogP contribution in [0, 0.1) is 11.5 Å². The summed E-state index contributed by atoms with van der Waals surface area (Å²) in [5, 5.41) is 2.70. The highest BCUT2D eigenvalue weighted by molar-refractivity contribution is 5.32. The summed E-state index contributed by atoms with van der Waals surface area (Å²) in [4.78, 5) is 6.70. The fourth-order valence-electron chi connectivity index (χ4n) is 1.33. The van der Waals surface area contributed by atoms with Crippen molar-refractivity contribution in [2.45, 2.75) is 19.3 Å². The first-order valence-corrected chi connectivity index (χ1v) is 4.63. The van der Waals surface area contributed by atoms with Gasteiger partial charge in [0.25, 0.3) is 0 Å². The van der Waals surface area contributed by atoms with Crippen molar-refractivity contribution in [3.05, 3.63) is 18.3 Å². The number of hydrogen-bond acceptors (Lipinski definition) is 3. The Bertz CT molecular complexity index is 352. The number of nitrogens with one attached hydrogen (secondary N) is 1. The SMILES string of the molecule is Fc1nccc(NCC2(C(F)F)CC2)n1. The third kappa shape index (κ3) is 2.19. The molecule has 1 N–H and O–H groups in total. The van der Waals surface area contributed by atoms with Crippen molar-refractivity contribution in [2.24, 2.45) is 5.41 Å². The molecule has 15 heavy (non-hydrogen) atoms. The molecule has 0 saturated heterocycles. The number of rotatable bonds is 4. The molecule has 0 bridgehead atoms. The van der Waals surface area contributed by atoms with Gasteiger partial charge in [-0.1, -0.05) is 0 Å². The largest absolute Gasteiger partial charge is 0.369 e. The van der Waals surface area contributed by atoms with E-state index in [2.05, 4.69) is 15.3 Å². The molecule has 0 unspecified atom stereocenters. The molecule has 0 atom stereocenters. The lowest BCUT2D eigenvalue weighted by molar-refractivity contribution is 0.0687. The molecule has 0 amide bonds. The maximum Gasteiger partial charge on any atom is 0.310 e. The highest BCUT2D eigenvalue weighted by atomic mass is 19.3. The fraction of sp³-hybridized carbons (Fsp3) is 0.556. The van der Waals surface area contributed by atoms with Crippen molar-refractivity contribution >= 4 is 5.82 Å². The van der Waals surface area contributed by atoms with Crippen LogP contribution in [0.5, 0.6) is 0 Å². The van der Waals surface area contributed by atoms with Crippen molar-refractivity contribution in [1.29, 1.82) is 0 Å². The van der Waals surface area contributed by atoms with Gasteiger partial charge in [0.2, 0.25) is 6.43 Å². The molecule has 0 radical (unpaired) electrons. The zero-order valence-electron chi connectivity index (χ0n) is 7.88. The zero-order valence-corrected chi connectivity index (χ0v) is 7.88. The van der Waals surface area contributed by atoms with E-state index in [9.17, 15) is 13.2 Å². The van der Waals surface area contributed by atoms with Gasteiger partial charge in [-0.15, -0.1) is 0 Å². The minimum atomic E-state index is -2.34. The lowest BCUT2D eigenvalue weighted by atomic mass is 10.1. The molecule has 3 nitrogen and oxygen atoms in total. The van der Waals surface area contributed by atoms with Gasteiger partial charge in [-0.25, -0.2) is 13.8 Å². The van der Waals surface area contributed by atoms with Crippen LogP contribution in [0.2, 0.25) is 0 Å². The zero-order chi connectivity index (χ0) is 10.9. The van der Waals surface area contributed by atoms with Crippen LogP contribution in [-0.4, -0.2) is 22.9 Å². The lowest BCUT2D eigenvalue weighted by Crippen LogP contribution is -2.23. The summed E-state index contributed by atoms with van der Waals surface area (Å²) in [5.41, 5.74) is -0.929. The van der Waals surface area contributed by atoms with E-state index in [1.54, 1.807) is 0 Å². The number of aromatic nitrogens is 2. The lowest BCUT2D eigenvalue weighted by Gasteiger charge is -2.14. The molecule has 0 aromatic carbocycles. The summed E-state index contributed by atoms with van der Waals surface area (Å²) in [6.07, 6.45) is -0.943. The summed E-state index contributed by atoms with van der Waals surface area (Å²) in [5.74, 6) is 0.245. The summed E-state index contributed by atoms with van der Waals surface area (Å²) in [7, 11) is 0. The molecular formula is C9H10F3N3. The Morgan fingerprint density at radius 3 is 2.73 bits per heavy atom. The number of alkyl halides is 2. The Balaban J connectivity index is 1.94. The van der Waals surface area contributed by atoms with Gasteiger partial charge in [-0.05, 0) is 18.9 Å². The van der Waals surface area contributed by atoms with Crippen molar-refractivity contribution in [2.75, 3.05) is 11.9 Å². The molecule has 1 aromatic rings. The first-order chi connectivity index (χ1) is 7.12. The summed E-state index contributed by atoms with van der Waals surface area (Å²) in [6, 6.07) is 1.45. The van der Waals surface area contributed by atoms with Gasteiger partial charge in [-0.3, -0.25) is 0 Å². The number of hydrogen-bond donors (Lipinski definition) is 1. The number of anilines is 1. The minimum Gasteiger partial charge on any atom is -0.369 e. The third-order valence-electron chi connectivity index (χ3n) is 2.60. The quantitative estimate of drug-likeness (QED) is 0.784. The van der Waals surface area contributed by atoms with Gasteiger partial charge in [0.1, 0.15) is 5.82 Å². The highest BCUT2D eigenvalue weighted by Gasteiger charge is 2.50. The van der Waals surface area contributed by atoms with Crippen molar-refractivity contribution in [3.63, 3.8) is 0 Å². The molecule has 1 saturated carbocycles. The van der Waals surface area contributed by atoms with Gasteiger partial charge in [0.15, 0.2) is 0 Å². The smallest absolute Gasteiger partial charge is 0.310 e. The topological polar surface area (TPSA) is 37.8 Å². The van der Waals surface area contributed by atoms with Gasteiger partial charge in [0, 0.05) is 18.2 Å². The van der Waals surface area contributed by atoms with Crippen LogP contribution in [0.4, 0.5) is 19.0 Å². The molecule has 2 rings (SSSR count). The summed E-state index contributed by atoms with van der Waals surface area (Å²) in [6.45, 7) is 0.126. The molecule has 0 aliphatic heterocycles. The van der Waals surface area contributed by atoms with Gasteiger partial charge in [0.05, 0.1) is 0 Å². The third-order valence-corrected chi connectivity index (χ3v) is 2.60. The van der Waals surface area contributed by atoms with E-state index in [-0.39, 0.29) is 12.4 Å². The second-order valence-electron chi connectivity index (χ2n) is 3.73. The van der Waals surface area contributed by atoms with E-state index in [1.165, 1.54) is 12.3 Å². The first kappa shape index (κ1) is 10.2. The van der Waals surface area contributed by atoms with Crippen molar-refractivity contribution in [3.8, 4) is 0 Å². The van der Waals surface area contributed by atoms with Crippen LogP contribution in [0.15, 0.2) is 12.3 Å².